The summed E-state index contributed by atoms with van der Waals surface area (Å²) in [5.41, 5.74) is 0. The van der Waals surface area contributed by atoms with E-state index in [1.807, 2.05) is 30.3 Å². The van der Waals surface area contributed by atoms with E-state index in [-0.39, 0.29) is 47.1 Å². The van der Waals surface area contributed by atoms with Crippen LogP contribution in [0.25, 0.3) is 0 Å². The predicted molar refractivity (Wildman–Crippen MR) is 148 cm³/mol. The summed E-state index contributed by atoms with van der Waals surface area (Å²) < 4.78 is 17.5. The molecular formula is C30H46O6Si. The fourth-order valence-electron chi connectivity index (χ4n) is 5.47. The van der Waals surface area contributed by atoms with E-state index in [1.54, 1.807) is 0 Å². The summed E-state index contributed by atoms with van der Waals surface area (Å²) >= 11 is 0. The Bertz CT molecular complexity index is 922. The van der Waals surface area contributed by atoms with Gasteiger partial charge in [-0.1, -0.05) is 51.1 Å². The second-order valence-corrected chi connectivity index (χ2v) is 17.0. The normalized spacial score (nSPS) is 25.8. The van der Waals surface area contributed by atoms with Crippen LogP contribution >= 0.6 is 0 Å². The van der Waals surface area contributed by atoms with Gasteiger partial charge in [-0.05, 0) is 74.2 Å². The number of ketones is 1. The van der Waals surface area contributed by atoms with Gasteiger partial charge in [0, 0.05) is 18.3 Å². The van der Waals surface area contributed by atoms with E-state index >= 15 is 0 Å². The topological polar surface area (TPSA) is 82.1 Å². The lowest BCUT2D eigenvalue weighted by atomic mass is 9.89. The highest BCUT2D eigenvalue weighted by molar-refractivity contribution is 6.74. The molecule has 1 aromatic carbocycles. The number of aliphatic hydroxyl groups excluding tert-OH is 1. The van der Waals surface area contributed by atoms with Gasteiger partial charge >= 0.3 is 5.97 Å². The molecule has 0 aliphatic heterocycles. The number of aliphatic hydroxyl groups is 1. The average Bonchev–Trinajstić information content (AvgIpc) is 3.40. The molecule has 0 bridgehead atoms. The minimum absolute atomic E-state index is 0.0234. The molecule has 0 heterocycles. The number of methoxy groups -OCH3 is 1. The molecule has 2 aliphatic carbocycles. The first-order chi connectivity index (χ1) is 17.4. The maximum Gasteiger partial charge on any atom is 0.305 e. The molecule has 1 aromatic rings. The van der Waals surface area contributed by atoms with Crippen LogP contribution in [0, 0.1) is 23.7 Å². The van der Waals surface area contributed by atoms with E-state index in [2.05, 4.69) is 50.8 Å². The van der Waals surface area contributed by atoms with E-state index in [9.17, 15) is 14.7 Å². The van der Waals surface area contributed by atoms with Crippen molar-refractivity contribution in [2.24, 2.45) is 23.7 Å². The maximum absolute atomic E-state index is 13.1. The Morgan fingerprint density at radius 2 is 1.89 bits per heavy atom. The molecule has 2 fully saturated rings. The van der Waals surface area contributed by atoms with Gasteiger partial charge in [-0.15, -0.1) is 0 Å². The second-order valence-electron chi connectivity index (χ2n) is 12.2. The van der Waals surface area contributed by atoms with Crippen molar-refractivity contribution in [2.75, 3.05) is 13.7 Å². The van der Waals surface area contributed by atoms with Gasteiger partial charge in [0.05, 0.1) is 19.3 Å². The highest BCUT2D eigenvalue weighted by atomic mass is 28.4. The molecule has 7 heteroatoms. The average molecular weight is 531 g/mol. The molecule has 0 radical (unpaired) electrons. The van der Waals surface area contributed by atoms with Crippen LogP contribution in [0.5, 0.6) is 5.75 Å². The Morgan fingerprint density at radius 3 is 2.54 bits per heavy atom. The van der Waals surface area contributed by atoms with Crippen LogP contribution in [-0.2, 0) is 18.8 Å². The van der Waals surface area contributed by atoms with Gasteiger partial charge in [0.2, 0.25) is 0 Å². The summed E-state index contributed by atoms with van der Waals surface area (Å²) in [7, 11) is -0.657. The predicted octanol–water partition coefficient (Wildman–Crippen LogP) is 5.95. The summed E-state index contributed by atoms with van der Waals surface area (Å²) in [6, 6.07) is 9.81. The maximum atomic E-state index is 13.1. The largest absolute Gasteiger partial charge is 0.491 e. The van der Waals surface area contributed by atoms with Gasteiger partial charge in [0.15, 0.2) is 8.32 Å². The summed E-state index contributed by atoms with van der Waals surface area (Å²) in [6.45, 7) is 11.7. The van der Waals surface area contributed by atoms with Crippen LogP contribution in [0.1, 0.15) is 59.3 Å². The van der Waals surface area contributed by atoms with Gasteiger partial charge in [0.25, 0.3) is 0 Å². The van der Waals surface area contributed by atoms with E-state index in [1.165, 1.54) is 7.11 Å². The number of ether oxygens (including phenoxy) is 2. The van der Waals surface area contributed by atoms with Gasteiger partial charge in [-0.25, -0.2) is 0 Å². The standard InChI is InChI=1S/C30H46O6Si/c1-30(2,3)37(5,6)36-23(20-35-22-11-8-7-9-12-22)17-15-21-16-18-24-25(21)19-26(29(24)33)27(31)13-10-14-28(32)34-4/h7-9,11-12,15,17,21,23-27,31H,10,13-14,16,18-20H2,1-6H3/b17-15+. The van der Waals surface area contributed by atoms with E-state index < -0.39 is 14.4 Å². The lowest BCUT2D eigenvalue weighted by molar-refractivity contribution is -0.140. The third-order valence-electron chi connectivity index (χ3n) is 8.69. The molecular weight excluding hydrogens is 484 g/mol. The van der Waals surface area contributed by atoms with Crippen molar-refractivity contribution in [3.05, 3.63) is 42.5 Å². The third-order valence-corrected chi connectivity index (χ3v) is 13.2. The molecule has 1 N–H and O–H groups in total. The number of carbonyl (C=O) groups excluding carboxylic acids is 2. The first kappa shape index (κ1) is 29.6. The Morgan fingerprint density at radius 1 is 1.19 bits per heavy atom. The first-order valence-electron chi connectivity index (χ1n) is 13.8. The summed E-state index contributed by atoms with van der Waals surface area (Å²) in [5, 5.41) is 10.8. The summed E-state index contributed by atoms with van der Waals surface area (Å²) in [5.74, 6) is 0.993. The molecule has 6 nitrogen and oxygen atoms in total. The smallest absolute Gasteiger partial charge is 0.305 e. The van der Waals surface area contributed by atoms with Crippen molar-refractivity contribution in [3.8, 4) is 5.75 Å². The van der Waals surface area contributed by atoms with E-state index in [0.717, 1.165) is 18.6 Å². The molecule has 6 unspecified atom stereocenters. The highest BCUT2D eigenvalue weighted by Crippen LogP contribution is 2.50. The van der Waals surface area contributed by atoms with Crippen LogP contribution in [0.4, 0.5) is 0 Å². The van der Waals surface area contributed by atoms with Gasteiger partial charge in [-0.2, -0.15) is 0 Å². The number of hydrogen-bond donors (Lipinski definition) is 1. The zero-order valence-corrected chi connectivity index (χ0v) is 24.4. The summed E-state index contributed by atoms with van der Waals surface area (Å²) in [4.78, 5) is 24.5. The zero-order valence-electron chi connectivity index (χ0n) is 23.4. The third kappa shape index (κ3) is 7.77. The minimum atomic E-state index is -2.02. The minimum Gasteiger partial charge on any atom is -0.491 e. The molecule has 2 aliphatic rings. The van der Waals surface area contributed by atoms with Crippen LogP contribution in [-0.4, -0.2) is 51.1 Å². The van der Waals surface area contributed by atoms with Crippen LogP contribution in [0.15, 0.2) is 42.5 Å². The molecule has 2 saturated carbocycles. The van der Waals surface area contributed by atoms with Crippen molar-refractivity contribution in [3.63, 3.8) is 0 Å². The number of rotatable bonds is 12. The van der Waals surface area contributed by atoms with E-state index in [4.69, 9.17) is 9.16 Å². The Labute approximate surface area is 223 Å². The van der Waals surface area contributed by atoms with Gasteiger partial charge in [0.1, 0.15) is 18.1 Å². The molecule has 0 amide bonds. The lowest BCUT2D eigenvalue weighted by Gasteiger charge is -2.38. The van der Waals surface area contributed by atoms with Crippen molar-refractivity contribution < 1.29 is 28.6 Å². The van der Waals surface area contributed by atoms with Crippen molar-refractivity contribution in [1.82, 2.24) is 0 Å². The number of esters is 1. The quantitative estimate of drug-likeness (QED) is 0.204. The number of fused-ring (bicyclic) bond motifs is 1. The zero-order chi connectivity index (χ0) is 27.2. The Balaban J connectivity index is 1.65. The van der Waals surface area contributed by atoms with Crippen molar-refractivity contribution in [2.45, 2.75) is 89.6 Å². The lowest BCUT2D eigenvalue weighted by Crippen LogP contribution is -2.44. The fourth-order valence-corrected chi connectivity index (χ4v) is 6.72. The number of benzene rings is 1. The molecule has 0 saturated heterocycles. The molecule has 6 atom stereocenters. The highest BCUT2D eigenvalue weighted by Gasteiger charge is 2.50. The van der Waals surface area contributed by atoms with Gasteiger partial charge in [-0.3, -0.25) is 9.59 Å². The van der Waals surface area contributed by atoms with Crippen molar-refractivity contribution in [1.29, 1.82) is 0 Å². The fraction of sp³-hybridized carbons (Fsp3) is 0.667. The SMILES string of the molecule is COC(=O)CCCC(O)C1CC2C(/C=C/C(COc3ccccc3)O[Si](C)(C)C(C)(C)C)CCC2C1=O. The Kier molecular flexibility index (Phi) is 10.2. The van der Waals surface area contributed by atoms with Crippen LogP contribution in [0.2, 0.25) is 18.1 Å². The number of para-hydroxylation sites is 1. The molecule has 0 spiro atoms. The second kappa shape index (κ2) is 12.7. The monoisotopic (exact) mass is 530 g/mol. The molecule has 0 aromatic heterocycles. The van der Waals surface area contributed by atoms with Crippen molar-refractivity contribution >= 4 is 20.1 Å². The Hall–Kier alpha value is -1.96. The van der Waals surface area contributed by atoms with E-state index in [0.29, 0.717) is 31.8 Å². The van der Waals surface area contributed by atoms with Gasteiger partial charge < -0.3 is 19.0 Å². The molecule has 3 rings (SSSR count). The number of carbonyl (C=O) groups is 2. The molecule has 37 heavy (non-hydrogen) atoms. The number of Topliss-reactive ketones (excluding diaryl/α,β-unsaturated/α-hetero) is 1. The van der Waals surface area contributed by atoms with Crippen LogP contribution in [0.3, 0.4) is 0 Å². The molecule has 206 valence electrons. The number of allylic oxidation sites excluding steroid dienone is 1. The number of hydrogen-bond acceptors (Lipinski definition) is 6. The first-order valence-corrected chi connectivity index (χ1v) is 16.7. The summed E-state index contributed by atoms with van der Waals surface area (Å²) in [6.07, 6.45) is 7.36. The van der Waals surface area contributed by atoms with Crippen LogP contribution < -0.4 is 4.74 Å².